The fraction of sp³-hybridized carbons (Fsp3) is 0.0588. The largest absolute Gasteiger partial charge is 0.298 e. The molecule has 0 atom stereocenters. The number of fused-ring (bicyclic) bond motifs is 1. The van der Waals surface area contributed by atoms with Gasteiger partial charge in [-0.2, -0.15) is 0 Å². The smallest absolute Gasteiger partial charge is 0.198 e. The summed E-state index contributed by atoms with van der Waals surface area (Å²) in [5.74, 6) is 0.806. The van der Waals surface area contributed by atoms with Gasteiger partial charge in [0.2, 0.25) is 0 Å². The molecule has 24 heavy (non-hydrogen) atoms. The van der Waals surface area contributed by atoms with Crippen LogP contribution in [0.3, 0.4) is 0 Å². The topological polar surface area (TPSA) is 56.5 Å². The Morgan fingerprint density at radius 2 is 1.96 bits per heavy atom. The molecule has 3 heterocycles. The Kier molecular flexibility index (Phi) is 4.10. The number of allylic oxidation sites excluding steroid dienone is 1. The van der Waals surface area contributed by atoms with Gasteiger partial charge in [0.05, 0.1) is 10.2 Å². The number of aromatic nitrogens is 5. The first kappa shape index (κ1) is 15.0. The molecule has 0 bridgehead atoms. The lowest BCUT2D eigenvalue weighted by Gasteiger charge is -2.06. The van der Waals surface area contributed by atoms with Crippen LogP contribution >= 0.6 is 23.1 Å². The second kappa shape index (κ2) is 6.54. The zero-order valence-electron chi connectivity index (χ0n) is 12.7. The van der Waals surface area contributed by atoms with Gasteiger partial charge in [-0.05, 0) is 36.0 Å². The lowest BCUT2D eigenvalue weighted by molar-refractivity contribution is 0.731. The molecule has 3 aromatic heterocycles. The van der Waals surface area contributed by atoms with Gasteiger partial charge in [0.25, 0.3) is 0 Å². The van der Waals surface area contributed by atoms with Crippen molar-refractivity contribution in [3.63, 3.8) is 0 Å². The molecule has 0 amide bonds. The van der Waals surface area contributed by atoms with E-state index in [0.717, 1.165) is 26.4 Å². The van der Waals surface area contributed by atoms with Gasteiger partial charge in [0.15, 0.2) is 15.3 Å². The molecular weight excluding hydrogens is 338 g/mol. The van der Waals surface area contributed by atoms with E-state index in [4.69, 9.17) is 0 Å². The average Bonchev–Trinajstić information content (AvgIpc) is 3.20. The van der Waals surface area contributed by atoms with Gasteiger partial charge in [-0.1, -0.05) is 18.2 Å². The lowest BCUT2D eigenvalue weighted by atomic mass is 10.2. The first-order valence-corrected chi connectivity index (χ1v) is 8.96. The third kappa shape index (κ3) is 2.83. The van der Waals surface area contributed by atoms with Crippen molar-refractivity contribution in [1.29, 1.82) is 0 Å². The first-order chi connectivity index (χ1) is 11.8. The zero-order valence-corrected chi connectivity index (χ0v) is 14.3. The number of rotatable bonds is 5. The summed E-state index contributed by atoms with van der Waals surface area (Å²) in [7, 11) is 0. The van der Waals surface area contributed by atoms with E-state index in [1.807, 2.05) is 41.0 Å². The molecule has 4 aromatic rings. The average molecular weight is 351 g/mol. The molecule has 0 fully saturated rings. The summed E-state index contributed by atoms with van der Waals surface area (Å²) in [5.41, 5.74) is 1.99. The number of benzene rings is 1. The number of thiazole rings is 1. The molecule has 7 heteroatoms. The Morgan fingerprint density at radius 3 is 2.75 bits per heavy atom. The van der Waals surface area contributed by atoms with E-state index in [0.29, 0.717) is 6.54 Å². The number of para-hydroxylation sites is 1. The predicted octanol–water partition coefficient (Wildman–Crippen LogP) is 4.29. The van der Waals surface area contributed by atoms with Crippen molar-refractivity contribution >= 4 is 33.3 Å². The molecule has 0 aliphatic heterocycles. The maximum atomic E-state index is 4.66. The van der Waals surface area contributed by atoms with E-state index in [1.165, 1.54) is 16.5 Å². The molecule has 5 nitrogen and oxygen atoms in total. The molecule has 0 saturated heterocycles. The number of hydrogen-bond donors (Lipinski definition) is 0. The van der Waals surface area contributed by atoms with Crippen LogP contribution < -0.4 is 0 Å². The highest BCUT2D eigenvalue weighted by Gasteiger charge is 2.16. The van der Waals surface area contributed by atoms with E-state index in [2.05, 4.69) is 32.8 Å². The second-order valence-electron chi connectivity index (χ2n) is 4.99. The number of pyridine rings is 1. The van der Waals surface area contributed by atoms with E-state index >= 15 is 0 Å². The van der Waals surface area contributed by atoms with Gasteiger partial charge in [-0.15, -0.1) is 28.1 Å². The van der Waals surface area contributed by atoms with Crippen molar-refractivity contribution in [3.05, 3.63) is 61.4 Å². The molecule has 0 aliphatic carbocycles. The predicted molar refractivity (Wildman–Crippen MR) is 97.2 cm³/mol. The quantitative estimate of drug-likeness (QED) is 0.502. The van der Waals surface area contributed by atoms with Gasteiger partial charge >= 0.3 is 0 Å². The van der Waals surface area contributed by atoms with Crippen LogP contribution in [0, 0.1) is 0 Å². The number of hydrogen-bond acceptors (Lipinski definition) is 6. The summed E-state index contributed by atoms with van der Waals surface area (Å²) in [6.45, 7) is 4.48. The monoisotopic (exact) mass is 351 g/mol. The summed E-state index contributed by atoms with van der Waals surface area (Å²) in [6.07, 6.45) is 5.35. The standard InChI is InChI=1S/C17H13N5S2/c1-2-11-22-15(12-7-9-18-10-8-12)20-21-16(22)24-17-19-13-5-3-4-6-14(13)23-17/h2-10H,1,11H2. The Hall–Kier alpha value is -2.51. The Morgan fingerprint density at radius 1 is 1.12 bits per heavy atom. The fourth-order valence-electron chi connectivity index (χ4n) is 2.35. The molecule has 0 unspecified atom stereocenters. The normalized spacial score (nSPS) is 11.0. The van der Waals surface area contributed by atoms with Gasteiger partial charge in [-0.3, -0.25) is 9.55 Å². The molecule has 0 aliphatic rings. The minimum Gasteiger partial charge on any atom is -0.298 e. The van der Waals surface area contributed by atoms with Crippen LogP contribution in [-0.4, -0.2) is 24.7 Å². The van der Waals surface area contributed by atoms with Crippen molar-refractivity contribution in [2.24, 2.45) is 0 Å². The van der Waals surface area contributed by atoms with E-state index < -0.39 is 0 Å². The third-order valence-electron chi connectivity index (χ3n) is 3.42. The Bertz CT molecular complexity index is 958. The number of nitrogens with zero attached hydrogens (tertiary/aromatic N) is 5. The van der Waals surface area contributed by atoms with Crippen LogP contribution in [0.4, 0.5) is 0 Å². The van der Waals surface area contributed by atoms with E-state index in [-0.39, 0.29) is 0 Å². The van der Waals surface area contributed by atoms with Gasteiger partial charge < -0.3 is 0 Å². The maximum absolute atomic E-state index is 4.66. The first-order valence-electron chi connectivity index (χ1n) is 7.33. The van der Waals surface area contributed by atoms with Crippen molar-refractivity contribution in [2.75, 3.05) is 0 Å². The molecule has 0 spiro atoms. The molecular formula is C17H13N5S2. The minimum atomic E-state index is 0.637. The van der Waals surface area contributed by atoms with Crippen molar-refractivity contribution in [1.82, 2.24) is 24.7 Å². The highest BCUT2D eigenvalue weighted by molar-refractivity contribution is 8.01. The Balaban J connectivity index is 1.72. The molecule has 0 saturated carbocycles. The van der Waals surface area contributed by atoms with Crippen molar-refractivity contribution in [3.8, 4) is 11.4 Å². The molecule has 0 N–H and O–H groups in total. The lowest BCUT2D eigenvalue weighted by Crippen LogP contribution is -2.00. The highest BCUT2D eigenvalue weighted by atomic mass is 32.2. The van der Waals surface area contributed by atoms with Gasteiger partial charge in [0.1, 0.15) is 0 Å². The summed E-state index contributed by atoms with van der Waals surface area (Å²) >= 11 is 3.19. The van der Waals surface area contributed by atoms with E-state index in [1.54, 1.807) is 23.7 Å². The summed E-state index contributed by atoms with van der Waals surface area (Å²) in [6, 6.07) is 12.0. The summed E-state index contributed by atoms with van der Waals surface area (Å²) < 4.78 is 4.17. The minimum absolute atomic E-state index is 0.637. The maximum Gasteiger partial charge on any atom is 0.198 e. The Labute approximate surface area is 147 Å². The van der Waals surface area contributed by atoms with Crippen LogP contribution in [0.2, 0.25) is 0 Å². The fourth-order valence-corrected chi connectivity index (χ4v) is 4.35. The zero-order chi connectivity index (χ0) is 16.4. The third-order valence-corrected chi connectivity index (χ3v) is 5.50. The van der Waals surface area contributed by atoms with Crippen LogP contribution in [0.25, 0.3) is 21.6 Å². The van der Waals surface area contributed by atoms with Crippen LogP contribution in [0.1, 0.15) is 0 Å². The SMILES string of the molecule is C=CCn1c(Sc2nc3ccccc3s2)nnc1-c1ccncc1. The second-order valence-corrected chi connectivity index (χ2v) is 7.24. The van der Waals surface area contributed by atoms with Crippen LogP contribution in [-0.2, 0) is 6.54 Å². The van der Waals surface area contributed by atoms with Crippen molar-refractivity contribution < 1.29 is 0 Å². The van der Waals surface area contributed by atoms with Crippen LogP contribution in [0.5, 0.6) is 0 Å². The summed E-state index contributed by atoms with van der Waals surface area (Å²) in [4.78, 5) is 8.71. The van der Waals surface area contributed by atoms with E-state index in [9.17, 15) is 0 Å². The van der Waals surface area contributed by atoms with Crippen molar-refractivity contribution in [2.45, 2.75) is 16.0 Å². The van der Waals surface area contributed by atoms with Crippen LogP contribution in [0.15, 0.2) is 70.9 Å². The van der Waals surface area contributed by atoms with Gasteiger partial charge in [0, 0.05) is 24.5 Å². The molecule has 0 radical (unpaired) electrons. The molecule has 4 rings (SSSR count). The van der Waals surface area contributed by atoms with Gasteiger partial charge in [-0.25, -0.2) is 4.98 Å². The molecule has 118 valence electrons. The highest BCUT2D eigenvalue weighted by Crippen LogP contribution is 2.34. The molecule has 1 aromatic carbocycles. The summed E-state index contributed by atoms with van der Waals surface area (Å²) in [5, 5.41) is 9.51.